The van der Waals surface area contributed by atoms with Gasteiger partial charge in [-0.15, -0.1) is 0 Å². The number of hydrogen-bond donors (Lipinski definition) is 2. The maximum absolute atomic E-state index is 13.0. The zero-order valence-electron chi connectivity index (χ0n) is 15.0. The molecular formula is C21H21FN2O3. The summed E-state index contributed by atoms with van der Waals surface area (Å²) in [6, 6.07) is 12.9. The predicted molar refractivity (Wildman–Crippen MR) is 99.8 cm³/mol. The number of aromatic nitrogens is 1. The number of amides is 1. The highest BCUT2D eigenvalue weighted by Crippen LogP contribution is 2.22. The molecular weight excluding hydrogens is 347 g/mol. The number of nitrogens with zero attached hydrogens (tertiary/aromatic N) is 1. The Labute approximate surface area is 156 Å². The standard InChI is InChI=1S/C21H21FN2O3/c1-14-19(24-21(27-14)16-6-8-17(22)9-7-16)13-20(26)23-12-2-3-15-4-10-18(25)11-5-15/h4-11,25H,2-3,12-13H2,1H3,(H,23,26). The highest BCUT2D eigenvalue weighted by atomic mass is 19.1. The van der Waals surface area contributed by atoms with E-state index in [1.54, 1.807) is 31.2 Å². The molecule has 140 valence electrons. The zero-order chi connectivity index (χ0) is 19.2. The molecule has 2 aromatic carbocycles. The summed E-state index contributed by atoms with van der Waals surface area (Å²) in [5.41, 5.74) is 2.35. The van der Waals surface area contributed by atoms with Gasteiger partial charge in [0, 0.05) is 12.1 Å². The maximum atomic E-state index is 13.0. The molecule has 0 unspecified atom stereocenters. The van der Waals surface area contributed by atoms with Crippen LogP contribution in [-0.2, 0) is 17.6 Å². The van der Waals surface area contributed by atoms with Gasteiger partial charge in [-0.05, 0) is 61.7 Å². The summed E-state index contributed by atoms with van der Waals surface area (Å²) in [5, 5.41) is 12.1. The van der Waals surface area contributed by atoms with E-state index in [0.717, 1.165) is 18.4 Å². The monoisotopic (exact) mass is 368 g/mol. The van der Waals surface area contributed by atoms with Gasteiger partial charge in [0.05, 0.1) is 12.1 Å². The second-order valence-electron chi connectivity index (χ2n) is 6.33. The number of phenols is 1. The van der Waals surface area contributed by atoms with Crippen molar-refractivity contribution in [1.29, 1.82) is 0 Å². The van der Waals surface area contributed by atoms with E-state index < -0.39 is 0 Å². The van der Waals surface area contributed by atoms with Gasteiger partial charge in [0.15, 0.2) is 0 Å². The van der Waals surface area contributed by atoms with Crippen molar-refractivity contribution >= 4 is 5.91 Å². The van der Waals surface area contributed by atoms with E-state index in [1.165, 1.54) is 12.1 Å². The number of hydrogen-bond acceptors (Lipinski definition) is 4. The number of nitrogens with one attached hydrogen (secondary N) is 1. The molecule has 6 heteroatoms. The minimum Gasteiger partial charge on any atom is -0.508 e. The summed E-state index contributed by atoms with van der Waals surface area (Å²) in [6.07, 6.45) is 1.75. The number of aryl methyl sites for hydroxylation is 2. The Kier molecular flexibility index (Phi) is 5.86. The smallest absolute Gasteiger partial charge is 0.226 e. The minimum atomic E-state index is -0.325. The number of carbonyl (C=O) groups is 1. The molecule has 0 aliphatic carbocycles. The average molecular weight is 368 g/mol. The van der Waals surface area contributed by atoms with Gasteiger partial charge in [-0.2, -0.15) is 0 Å². The Bertz CT molecular complexity index is 902. The summed E-state index contributed by atoms with van der Waals surface area (Å²) >= 11 is 0. The van der Waals surface area contributed by atoms with E-state index in [1.807, 2.05) is 12.1 Å². The molecule has 1 heterocycles. The molecule has 2 N–H and O–H groups in total. The van der Waals surface area contributed by atoms with Crippen LogP contribution in [0, 0.1) is 12.7 Å². The molecule has 0 aliphatic heterocycles. The Hall–Kier alpha value is -3.15. The van der Waals surface area contributed by atoms with Crippen molar-refractivity contribution in [3.05, 3.63) is 71.4 Å². The van der Waals surface area contributed by atoms with Crippen LogP contribution in [0.4, 0.5) is 4.39 Å². The van der Waals surface area contributed by atoms with Gasteiger partial charge in [-0.25, -0.2) is 9.37 Å². The molecule has 1 amide bonds. The molecule has 0 saturated heterocycles. The third-order valence-corrected chi connectivity index (χ3v) is 4.21. The number of halogens is 1. The summed E-state index contributed by atoms with van der Waals surface area (Å²) in [6.45, 7) is 2.31. The number of carbonyl (C=O) groups excluding carboxylic acids is 1. The van der Waals surface area contributed by atoms with Crippen molar-refractivity contribution < 1.29 is 18.7 Å². The highest BCUT2D eigenvalue weighted by Gasteiger charge is 2.14. The lowest BCUT2D eigenvalue weighted by Gasteiger charge is -2.05. The first-order valence-electron chi connectivity index (χ1n) is 8.78. The second kappa shape index (κ2) is 8.49. The number of benzene rings is 2. The number of oxazole rings is 1. The average Bonchev–Trinajstić information content (AvgIpc) is 3.01. The Morgan fingerprint density at radius 2 is 1.85 bits per heavy atom. The third-order valence-electron chi connectivity index (χ3n) is 4.21. The first kappa shape index (κ1) is 18.6. The zero-order valence-corrected chi connectivity index (χ0v) is 15.0. The van der Waals surface area contributed by atoms with Gasteiger partial charge >= 0.3 is 0 Å². The summed E-state index contributed by atoms with van der Waals surface area (Å²) < 4.78 is 18.6. The normalized spacial score (nSPS) is 10.7. The van der Waals surface area contributed by atoms with Gasteiger partial charge < -0.3 is 14.8 Å². The van der Waals surface area contributed by atoms with Gasteiger partial charge in [0.1, 0.15) is 17.3 Å². The molecule has 0 saturated carbocycles. The van der Waals surface area contributed by atoms with Crippen LogP contribution in [0.15, 0.2) is 52.9 Å². The molecule has 3 rings (SSSR count). The first-order chi connectivity index (χ1) is 13.0. The number of phenolic OH excluding ortho intramolecular Hbond substituents is 1. The van der Waals surface area contributed by atoms with Gasteiger partial charge in [0.25, 0.3) is 0 Å². The summed E-state index contributed by atoms with van der Waals surface area (Å²) in [5.74, 6) is 0.753. The van der Waals surface area contributed by atoms with Crippen LogP contribution < -0.4 is 5.32 Å². The molecule has 0 radical (unpaired) electrons. The Morgan fingerprint density at radius 1 is 1.15 bits per heavy atom. The van der Waals surface area contributed by atoms with Crippen molar-refractivity contribution in [3.8, 4) is 17.2 Å². The van der Waals surface area contributed by atoms with E-state index in [9.17, 15) is 14.3 Å². The van der Waals surface area contributed by atoms with Crippen molar-refractivity contribution in [2.45, 2.75) is 26.2 Å². The molecule has 0 fully saturated rings. The quantitative estimate of drug-likeness (QED) is 0.622. The molecule has 1 aromatic heterocycles. The van der Waals surface area contributed by atoms with Crippen molar-refractivity contribution in [2.75, 3.05) is 6.54 Å². The van der Waals surface area contributed by atoms with Crippen LogP contribution in [0.3, 0.4) is 0 Å². The van der Waals surface area contributed by atoms with E-state index in [2.05, 4.69) is 10.3 Å². The van der Waals surface area contributed by atoms with Crippen LogP contribution in [0.5, 0.6) is 5.75 Å². The molecule has 0 atom stereocenters. The topological polar surface area (TPSA) is 75.4 Å². The molecule has 3 aromatic rings. The minimum absolute atomic E-state index is 0.122. The molecule has 5 nitrogen and oxygen atoms in total. The van der Waals surface area contributed by atoms with Crippen LogP contribution in [0.1, 0.15) is 23.4 Å². The van der Waals surface area contributed by atoms with E-state index in [-0.39, 0.29) is 23.9 Å². The number of aromatic hydroxyl groups is 1. The first-order valence-corrected chi connectivity index (χ1v) is 8.78. The lowest BCUT2D eigenvalue weighted by atomic mass is 10.1. The predicted octanol–water partition coefficient (Wildman–Crippen LogP) is 3.79. The van der Waals surface area contributed by atoms with Crippen molar-refractivity contribution in [2.24, 2.45) is 0 Å². The summed E-state index contributed by atoms with van der Waals surface area (Å²) in [7, 11) is 0. The third kappa shape index (κ3) is 5.17. The fraction of sp³-hybridized carbons (Fsp3) is 0.238. The van der Waals surface area contributed by atoms with Crippen LogP contribution in [-0.4, -0.2) is 22.5 Å². The Morgan fingerprint density at radius 3 is 2.56 bits per heavy atom. The molecule has 0 spiro atoms. The molecule has 0 aliphatic rings. The molecule has 0 bridgehead atoms. The Balaban J connectivity index is 1.49. The lowest BCUT2D eigenvalue weighted by molar-refractivity contribution is -0.120. The van der Waals surface area contributed by atoms with Crippen LogP contribution in [0.25, 0.3) is 11.5 Å². The number of rotatable bonds is 7. The second-order valence-corrected chi connectivity index (χ2v) is 6.33. The SMILES string of the molecule is Cc1oc(-c2ccc(F)cc2)nc1CC(=O)NCCCc1ccc(O)cc1. The van der Waals surface area contributed by atoms with Crippen molar-refractivity contribution in [3.63, 3.8) is 0 Å². The van der Waals surface area contributed by atoms with Crippen LogP contribution >= 0.6 is 0 Å². The lowest BCUT2D eigenvalue weighted by Crippen LogP contribution is -2.26. The fourth-order valence-electron chi connectivity index (χ4n) is 2.71. The maximum Gasteiger partial charge on any atom is 0.226 e. The van der Waals surface area contributed by atoms with E-state index >= 15 is 0 Å². The van der Waals surface area contributed by atoms with Gasteiger partial charge in [0.2, 0.25) is 11.8 Å². The van der Waals surface area contributed by atoms with E-state index in [4.69, 9.17) is 4.42 Å². The van der Waals surface area contributed by atoms with Gasteiger partial charge in [-0.1, -0.05) is 12.1 Å². The summed E-state index contributed by atoms with van der Waals surface area (Å²) in [4.78, 5) is 16.5. The largest absolute Gasteiger partial charge is 0.508 e. The van der Waals surface area contributed by atoms with E-state index in [0.29, 0.717) is 29.5 Å². The highest BCUT2D eigenvalue weighted by molar-refractivity contribution is 5.78. The van der Waals surface area contributed by atoms with Crippen LogP contribution in [0.2, 0.25) is 0 Å². The van der Waals surface area contributed by atoms with Crippen molar-refractivity contribution in [1.82, 2.24) is 10.3 Å². The molecule has 27 heavy (non-hydrogen) atoms. The fourth-order valence-corrected chi connectivity index (χ4v) is 2.71. The van der Waals surface area contributed by atoms with Gasteiger partial charge in [-0.3, -0.25) is 4.79 Å².